The molecule has 2 aromatic rings. The Morgan fingerprint density at radius 3 is 2.10 bits per heavy atom. The van der Waals surface area contributed by atoms with Gasteiger partial charge in [0.2, 0.25) is 10.0 Å². The first-order valence-corrected chi connectivity index (χ1v) is 9.53. The zero-order valence-corrected chi connectivity index (χ0v) is 14.0. The molecule has 1 N–H and O–H groups in total. The maximum Gasteiger partial charge on any atom is 0.212 e. The number of alkyl halides is 1. The highest BCUT2D eigenvalue weighted by molar-refractivity contribution is 9.09. The van der Waals surface area contributed by atoms with Crippen molar-refractivity contribution in [2.75, 3.05) is 11.1 Å². The van der Waals surface area contributed by atoms with Gasteiger partial charge in [-0.15, -0.1) is 0 Å². The Kier molecular flexibility index (Phi) is 5.96. The van der Waals surface area contributed by atoms with E-state index in [1.54, 1.807) is 0 Å². The summed E-state index contributed by atoms with van der Waals surface area (Å²) in [5.41, 5.74) is 1.98. The van der Waals surface area contributed by atoms with Crippen LogP contribution in [0.25, 0.3) is 0 Å². The first kappa shape index (κ1) is 16.2. The second-order valence-electron chi connectivity index (χ2n) is 4.79. The van der Waals surface area contributed by atoms with Crippen molar-refractivity contribution in [2.24, 2.45) is 0 Å². The lowest BCUT2D eigenvalue weighted by atomic mass is 10.1. The minimum absolute atomic E-state index is 0.0906. The molecule has 0 aliphatic rings. The lowest BCUT2D eigenvalue weighted by molar-refractivity contribution is 0.568. The van der Waals surface area contributed by atoms with E-state index in [0.29, 0.717) is 11.8 Å². The van der Waals surface area contributed by atoms with Crippen LogP contribution in [0.2, 0.25) is 0 Å². The summed E-state index contributed by atoms with van der Waals surface area (Å²) in [6, 6.07) is 19.0. The molecule has 2 rings (SSSR count). The average Bonchev–Trinajstić information content (AvgIpc) is 2.53. The van der Waals surface area contributed by atoms with Crippen LogP contribution in [0.4, 0.5) is 0 Å². The van der Waals surface area contributed by atoms with Crippen molar-refractivity contribution >= 4 is 26.0 Å². The van der Waals surface area contributed by atoms with Crippen LogP contribution < -0.4 is 4.72 Å². The van der Waals surface area contributed by atoms with Crippen LogP contribution in [0.3, 0.4) is 0 Å². The van der Waals surface area contributed by atoms with Crippen molar-refractivity contribution in [3.8, 4) is 0 Å². The van der Waals surface area contributed by atoms with Gasteiger partial charge in [-0.1, -0.05) is 76.6 Å². The van der Waals surface area contributed by atoms with Crippen molar-refractivity contribution < 1.29 is 8.42 Å². The highest BCUT2D eigenvalue weighted by Crippen LogP contribution is 2.16. The Balaban J connectivity index is 1.99. The zero-order chi connectivity index (χ0) is 15.1. The summed E-state index contributed by atoms with van der Waals surface area (Å²) in [6.07, 6.45) is 0.514. The number of aryl methyl sites for hydroxylation is 1. The van der Waals surface area contributed by atoms with Crippen molar-refractivity contribution in [1.82, 2.24) is 4.72 Å². The highest BCUT2D eigenvalue weighted by atomic mass is 79.9. The summed E-state index contributed by atoms with van der Waals surface area (Å²) in [4.78, 5) is 0. The molecule has 112 valence electrons. The molecule has 1 unspecified atom stereocenters. The number of nitrogens with one attached hydrogen (secondary N) is 1. The van der Waals surface area contributed by atoms with E-state index in [2.05, 4.69) is 20.7 Å². The summed E-state index contributed by atoms with van der Waals surface area (Å²) in [7, 11) is -3.32. The van der Waals surface area contributed by atoms with Gasteiger partial charge in [0.05, 0.1) is 11.8 Å². The third-order valence-electron chi connectivity index (χ3n) is 3.18. The van der Waals surface area contributed by atoms with Crippen molar-refractivity contribution in [1.29, 1.82) is 0 Å². The van der Waals surface area contributed by atoms with Gasteiger partial charge in [0, 0.05) is 5.33 Å². The van der Waals surface area contributed by atoms with E-state index in [4.69, 9.17) is 0 Å². The number of halogens is 1. The summed E-state index contributed by atoms with van der Waals surface area (Å²) in [5, 5.41) is 0.543. The molecule has 0 radical (unpaired) electrons. The van der Waals surface area contributed by atoms with E-state index in [-0.39, 0.29) is 11.8 Å². The maximum absolute atomic E-state index is 12.2. The van der Waals surface area contributed by atoms with E-state index in [1.807, 2.05) is 60.7 Å². The first-order valence-electron chi connectivity index (χ1n) is 6.75. The monoisotopic (exact) mass is 367 g/mol. The number of sulfonamides is 1. The molecule has 5 heteroatoms. The van der Waals surface area contributed by atoms with Gasteiger partial charge in [-0.05, 0) is 17.5 Å². The molecular formula is C16H18BrNO2S. The first-order chi connectivity index (χ1) is 10.1. The topological polar surface area (TPSA) is 46.2 Å². The zero-order valence-electron chi connectivity index (χ0n) is 11.6. The third kappa shape index (κ3) is 5.26. The van der Waals surface area contributed by atoms with Gasteiger partial charge in [0.15, 0.2) is 0 Å². The van der Waals surface area contributed by atoms with Crippen molar-refractivity contribution in [3.63, 3.8) is 0 Å². The second kappa shape index (κ2) is 7.73. The predicted octanol–water partition coefficient (Wildman–Crippen LogP) is 3.28. The normalized spacial score (nSPS) is 13.0. The second-order valence-corrected chi connectivity index (χ2v) is 7.31. The lowest BCUT2D eigenvalue weighted by Gasteiger charge is -2.16. The van der Waals surface area contributed by atoms with Gasteiger partial charge in [-0.3, -0.25) is 0 Å². The smallest absolute Gasteiger partial charge is 0.212 e. The van der Waals surface area contributed by atoms with Gasteiger partial charge < -0.3 is 0 Å². The largest absolute Gasteiger partial charge is 0.212 e. The molecule has 1 atom stereocenters. The van der Waals surface area contributed by atoms with Gasteiger partial charge in [-0.25, -0.2) is 13.1 Å². The van der Waals surface area contributed by atoms with Crippen LogP contribution in [0.1, 0.15) is 17.2 Å². The third-order valence-corrected chi connectivity index (χ3v) is 5.21. The quantitative estimate of drug-likeness (QED) is 0.763. The van der Waals surface area contributed by atoms with Crippen molar-refractivity contribution in [3.05, 3.63) is 71.8 Å². The summed E-state index contributed by atoms with van der Waals surface area (Å²) < 4.78 is 27.2. The molecular weight excluding hydrogens is 350 g/mol. The fourth-order valence-electron chi connectivity index (χ4n) is 2.05. The van der Waals surface area contributed by atoms with Crippen LogP contribution >= 0.6 is 15.9 Å². The van der Waals surface area contributed by atoms with Crippen molar-refractivity contribution in [2.45, 2.75) is 12.5 Å². The van der Waals surface area contributed by atoms with Gasteiger partial charge in [-0.2, -0.15) is 0 Å². The number of benzene rings is 2. The molecule has 2 aromatic carbocycles. The minimum Gasteiger partial charge on any atom is -0.212 e. The van der Waals surface area contributed by atoms with Crippen LogP contribution in [0.15, 0.2) is 60.7 Å². The lowest BCUT2D eigenvalue weighted by Crippen LogP contribution is -2.32. The molecule has 0 fully saturated rings. The van der Waals surface area contributed by atoms with E-state index in [0.717, 1.165) is 11.1 Å². The van der Waals surface area contributed by atoms with Crippen LogP contribution in [0.5, 0.6) is 0 Å². The molecule has 0 aromatic heterocycles. The van der Waals surface area contributed by atoms with E-state index >= 15 is 0 Å². The number of rotatable bonds is 7. The SMILES string of the molecule is O=S(=O)(CCc1ccccc1)NC(CBr)c1ccccc1. The van der Waals surface area contributed by atoms with Crippen LogP contribution in [-0.4, -0.2) is 19.5 Å². The molecule has 0 amide bonds. The molecule has 21 heavy (non-hydrogen) atoms. The summed E-state index contributed by atoms with van der Waals surface area (Å²) in [5.74, 6) is 0.0906. The summed E-state index contributed by atoms with van der Waals surface area (Å²) >= 11 is 3.37. The molecule has 0 heterocycles. The maximum atomic E-state index is 12.2. The van der Waals surface area contributed by atoms with Gasteiger partial charge in [0.25, 0.3) is 0 Å². The predicted molar refractivity (Wildman–Crippen MR) is 90.0 cm³/mol. The Bertz CT molecular complexity index is 644. The van der Waals surface area contributed by atoms with E-state index < -0.39 is 10.0 Å². The van der Waals surface area contributed by atoms with Crippen LogP contribution in [-0.2, 0) is 16.4 Å². The van der Waals surface area contributed by atoms with Crippen LogP contribution in [0, 0.1) is 0 Å². The molecule has 0 spiro atoms. The van der Waals surface area contributed by atoms with Gasteiger partial charge in [0.1, 0.15) is 0 Å². The Morgan fingerprint density at radius 2 is 1.52 bits per heavy atom. The fraction of sp³-hybridized carbons (Fsp3) is 0.250. The number of hydrogen-bond donors (Lipinski definition) is 1. The Hall–Kier alpha value is -1.17. The fourth-order valence-corrected chi connectivity index (χ4v) is 4.07. The average molecular weight is 368 g/mol. The van der Waals surface area contributed by atoms with Gasteiger partial charge >= 0.3 is 0 Å². The highest BCUT2D eigenvalue weighted by Gasteiger charge is 2.18. The molecule has 0 bridgehead atoms. The Labute approximate surface area is 134 Å². The van der Waals surface area contributed by atoms with E-state index in [1.165, 1.54) is 0 Å². The number of hydrogen-bond acceptors (Lipinski definition) is 2. The molecule has 3 nitrogen and oxygen atoms in total. The molecule has 0 saturated carbocycles. The summed E-state index contributed by atoms with van der Waals surface area (Å²) in [6.45, 7) is 0. The standard InChI is InChI=1S/C16H18BrNO2S/c17-13-16(15-9-5-2-6-10-15)18-21(19,20)12-11-14-7-3-1-4-8-14/h1-10,16,18H,11-13H2. The Morgan fingerprint density at radius 1 is 0.952 bits per heavy atom. The van der Waals surface area contributed by atoms with E-state index in [9.17, 15) is 8.42 Å². The molecule has 0 saturated heterocycles. The molecule has 0 aliphatic heterocycles. The minimum atomic E-state index is -3.32. The molecule has 0 aliphatic carbocycles.